The minimum Gasteiger partial charge on any atom is -0.391 e. The summed E-state index contributed by atoms with van der Waals surface area (Å²) in [7, 11) is 0. The van der Waals surface area contributed by atoms with Crippen molar-refractivity contribution in [1.82, 2.24) is 0 Å². The molecule has 3 unspecified atom stereocenters. The van der Waals surface area contributed by atoms with E-state index in [0.717, 1.165) is 0 Å². The van der Waals surface area contributed by atoms with Gasteiger partial charge in [0.25, 0.3) is 0 Å². The standard InChI is InChI=1S/C13H18ClFO2/c1-3-9(7-12(17)8(2)16)13-10(14)5-4-6-11(13)15/h4-6,8-9,12,16-17H,3,7H2,1-2H3. The summed E-state index contributed by atoms with van der Waals surface area (Å²) in [6, 6.07) is 4.55. The molecule has 0 saturated heterocycles. The van der Waals surface area contributed by atoms with Crippen LogP contribution in [0, 0.1) is 5.82 Å². The molecule has 2 N–H and O–H groups in total. The van der Waals surface area contributed by atoms with Gasteiger partial charge in [-0.05, 0) is 37.8 Å². The van der Waals surface area contributed by atoms with Gasteiger partial charge in [-0.3, -0.25) is 0 Å². The highest BCUT2D eigenvalue weighted by Gasteiger charge is 2.22. The molecule has 17 heavy (non-hydrogen) atoms. The number of aliphatic hydroxyl groups excluding tert-OH is 2. The van der Waals surface area contributed by atoms with Crippen LogP contribution < -0.4 is 0 Å². The summed E-state index contributed by atoms with van der Waals surface area (Å²) >= 11 is 5.98. The van der Waals surface area contributed by atoms with E-state index in [1.165, 1.54) is 13.0 Å². The van der Waals surface area contributed by atoms with Gasteiger partial charge in [-0.2, -0.15) is 0 Å². The van der Waals surface area contributed by atoms with Crippen LogP contribution in [0.3, 0.4) is 0 Å². The number of halogens is 2. The maximum absolute atomic E-state index is 13.7. The van der Waals surface area contributed by atoms with Gasteiger partial charge in [-0.1, -0.05) is 24.6 Å². The molecule has 4 heteroatoms. The molecule has 96 valence electrons. The van der Waals surface area contributed by atoms with Crippen molar-refractivity contribution >= 4 is 11.6 Å². The van der Waals surface area contributed by atoms with Gasteiger partial charge >= 0.3 is 0 Å². The quantitative estimate of drug-likeness (QED) is 0.854. The fraction of sp³-hybridized carbons (Fsp3) is 0.538. The van der Waals surface area contributed by atoms with Crippen molar-refractivity contribution in [3.8, 4) is 0 Å². The first-order valence-electron chi connectivity index (χ1n) is 5.77. The molecule has 2 nitrogen and oxygen atoms in total. The van der Waals surface area contributed by atoms with E-state index in [9.17, 15) is 14.6 Å². The summed E-state index contributed by atoms with van der Waals surface area (Å²) < 4.78 is 13.7. The maximum atomic E-state index is 13.7. The molecule has 0 heterocycles. The van der Waals surface area contributed by atoms with Crippen LogP contribution in [0.25, 0.3) is 0 Å². The number of rotatable bonds is 5. The molecule has 1 rings (SSSR count). The van der Waals surface area contributed by atoms with E-state index in [1.54, 1.807) is 12.1 Å². The first-order chi connectivity index (χ1) is 7.97. The van der Waals surface area contributed by atoms with Crippen molar-refractivity contribution in [1.29, 1.82) is 0 Å². The van der Waals surface area contributed by atoms with E-state index in [4.69, 9.17) is 11.6 Å². The van der Waals surface area contributed by atoms with Crippen LogP contribution in [0.15, 0.2) is 18.2 Å². The lowest BCUT2D eigenvalue weighted by molar-refractivity contribution is 0.0213. The molecule has 0 aromatic heterocycles. The first-order valence-corrected chi connectivity index (χ1v) is 6.15. The lowest BCUT2D eigenvalue weighted by Crippen LogP contribution is -2.25. The third kappa shape index (κ3) is 3.66. The Hall–Kier alpha value is -0.640. The number of aliphatic hydroxyl groups is 2. The molecular formula is C13H18ClFO2. The minimum atomic E-state index is -0.865. The van der Waals surface area contributed by atoms with Crippen LogP contribution >= 0.6 is 11.6 Å². The zero-order chi connectivity index (χ0) is 13.0. The number of hydrogen-bond donors (Lipinski definition) is 2. The molecule has 3 atom stereocenters. The molecule has 0 fully saturated rings. The summed E-state index contributed by atoms with van der Waals surface area (Å²) in [6.07, 6.45) is -0.732. The molecule has 1 aromatic rings. The molecule has 0 bridgehead atoms. The Morgan fingerprint density at radius 1 is 1.35 bits per heavy atom. The van der Waals surface area contributed by atoms with E-state index in [2.05, 4.69) is 0 Å². The molecule has 0 aliphatic heterocycles. The Morgan fingerprint density at radius 2 is 2.00 bits per heavy atom. The minimum absolute atomic E-state index is 0.187. The van der Waals surface area contributed by atoms with Gasteiger partial charge in [0.2, 0.25) is 0 Å². The van der Waals surface area contributed by atoms with Crippen LogP contribution in [-0.4, -0.2) is 22.4 Å². The molecule has 0 spiro atoms. The Bertz CT molecular complexity index is 348. The highest BCUT2D eigenvalue weighted by Crippen LogP contribution is 2.33. The topological polar surface area (TPSA) is 40.5 Å². The monoisotopic (exact) mass is 260 g/mol. The van der Waals surface area contributed by atoms with E-state index in [-0.39, 0.29) is 11.7 Å². The number of benzene rings is 1. The van der Waals surface area contributed by atoms with Gasteiger partial charge in [-0.15, -0.1) is 0 Å². The third-order valence-electron chi connectivity index (χ3n) is 2.98. The lowest BCUT2D eigenvalue weighted by atomic mass is 9.89. The van der Waals surface area contributed by atoms with Gasteiger partial charge in [0.05, 0.1) is 12.2 Å². The summed E-state index contributed by atoms with van der Waals surface area (Å²) in [6.45, 7) is 3.42. The van der Waals surface area contributed by atoms with Gasteiger partial charge in [0, 0.05) is 10.6 Å². The summed E-state index contributed by atoms with van der Waals surface area (Å²) in [4.78, 5) is 0. The third-order valence-corrected chi connectivity index (χ3v) is 3.31. The smallest absolute Gasteiger partial charge is 0.128 e. The van der Waals surface area contributed by atoms with Crippen molar-refractivity contribution in [3.05, 3.63) is 34.6 Å². The summed E-state index contributed by atoms with van der Waals surface area (Å²) in [5.41, 5.74) is 0.427. The van der Waals surface area contributed by atoms with Crippen molar-refractivity contribution in [2.75, 3.05) is 0 Å². The van der Waals surface area contributed by atoms with Crippen molar-refractivity contribution in [3.63, 3.8) is 0 Å². The van der Waals surface area contributed by atoms with Gasteiger partial charge in [0.15, 0.2) is 0 Å². The Labute approximate surface area is 106 Å². The van der Waals surface area contributed by atoms with E-state index < -0.39 is 12.2 Å². The van der Waals surface area contributed by atoms with E-state index in [0.29, 0.717) is 23.4 Å². The fourth-order valence-corrected chi connectivity index (χ4v) is 2.20. The Balaban J connectivity index is 2.94. The van der Waals surface area contributed by atoms with Gasteiger partial charge < -0.3 is 10.2 Å². The molecule has 0 saturated carbocycles. The molecule has 0 aliphatic rings. The second-order valence-corrected chi connectivity index (χ2v) is 4.69. The second-order valence-electron chi connectivity index (χ2n) is 4.28. The zero-order valence-electron chi connectivity index (χ0n) is 10.0. The molecule has 0 amide bonds. The second kappa shape index (κ2) is 6.34. The van der Waals surface area contributed by atoms with Crippen molar-refractivity contribution in [2.45, 2.75) is 44.8 Å². The summed E-state index contributed by atoms with van der Waals surface area (Å²) in [5.74, 6) is -0.546. The van der Waals surface area contributed by atoms with Crippen LogP contribution in [0.4, 0.5) is 4.39 Å². The van der Waals surface area contributed by atoms with Crippen molar-refractivity contribution < 1.29 is 14.6 Å². The van der Waals surface area contributed by atoms with E-state index in [1.807, 2.05) is 6.92 Å². The zero-order valence-corrected chi connectivity index (χ0v) is 10.8. The number of hydrogen-bond acceptors (Lipinski definition) is 2. The highest BCUT2D eigenvalue weighted by atomic mass is 35.5. The van der Waals surface area contributed by atoms with E-state index >= 15 is 0 Å². The van der Waals surface area contributed by atoms with Crippen LogP contribution in [-0.2, 0) is 0 Å². The average Bonchev–Trinajstić information content (AvgIpc) is 2.26. The maximum Gasteiger partial charge on any atom is 0.128 e. The SMILES string of the molecule is CCC(CC(O)C(C)O)c1c(F)cccc1Cl. The molecule has 0 aliphatic carbocycles. The van der Waals surface area contributed by atoms with Gasteiger partial charge in [0.1, 0.15) is 5.82 Å². The highest BCUT2D eigenvalue weighted by molar-refractivity contribution is 6.31. The summed E-state index contributed by atoms with van der Waals surface area (Å²) in [5, 5.41) is 19.3. The Morgan fingerprint density at radius 3 is 2.47 bits per heavy atom. The lowest BCUT2D eigenvalue weighted by Gasteiger charge is -2.22. The van der Waals surface area contributed by atoms with Gasteiger partial charge in [-0.25, -0.2) is 4.39 Å². The normalized spacial score (nSPS) is 16.6. The molecular weight excluding hydrogens is 243 g/mol. The molecule has 0 radical (unpaired) electrons. The Kier molecular flexibility index (Phi) is 5.37. The average molecular weight is 261 g/mol. The predicted octanol–water partition coefficient (Wildman–Crippen LogP) is 3.10. The fourth-order valence-electron chi connectivity index (χ4n) is 1.88. The largest absolute Gasteiger partial charge is 0.391 e. The van der Waals surface area contributed by atoms with Crippen LogP contribution in [0.1, 0.15) is 38.2 Å². The molecule has 1 aromatic carbocycles. The van der Waals surface area contributed by atoms with Crippen LogP contribution in [0.2, 0.25) is 5.02 Å². The first kappa shape index (κ1) is 14.4. The predicted molar refractivity (Wildman–Crippen MR) is 66.7 cm³/mol. The van der Waals surface area contributed by atoms with Crippen molar-refractivity contribution in [2.24, 2.45) is 0 Å². The van der Waals surface area contributed by atoms with Crippen LogP contribution in [0.5, 0.6) is 0 Å².